The Morgan fingerprint density at radius 3 is 2.00 bits per heavy atom. The van der Waals surface area contributed by atoms with E-state index in [1.807, 2.05) is 91.0 Å². The number of hydrogen-bond acceptors (Lipinski definition) is 4. The van der Waals surface area contributed by atoms with Gasteiger partial charge in [0.05, 0.1) is 11.8 Å². The zero-order chi connectivity index (χ0) is 26.9. The number of amides is 1. The van der Waals surface area contributed by atoms with Crippen molar-refractivity contribution < 1.29 is 24.2 Å². The molecule has 2 atom stereocenters. The molecule has 39 heavy (non-hydrogen) atoms. The number of aryl methyl sites for hydroxylation is 1. The first-order valence-corrected chi connectivity index (χ1v) is 13.1. The Morgan fingerprint density at radius 2 is 1.36 bits per heavy atom. The van der Waals surface area contributed by atoms with Crippen molar-refractivity contribution in [2.45, 2.75) is 24.7 Å². The van der Waals surface area contributed by atoms with Crippen LogP contribution in [-0.2, 0) is 20.8 Å². The highest BCUT2D eigenvalue weighted by molar-refractivity contribution is 5.94. The van der Waals surface area contributed by atoms with Crippen LogP contribution in [0.4, 0.5) is 5.69 Å². The highest BCUT2D eigenvalue weighted by atomic mass is 16.5. The number of carbonyl (C=O) groups excluding carboxylic acids is 2. The van der Waals surface area contributed by atoms with Crippen molar-refractivity contribution in [2.75, 3.05) is 5.32 Å². The number of benzene rings is 4. The van der Waals surface area contributed by atoms with Gasteiger partial charge in [0.15, 0.2) is 0 Å². The first kappa shape index (κ1) is 24.6. The summed E-state index contributed by atoms with van der Waals surface area (Å²) in [5, 5.41) is 13.1. The fourth-order valence-electron chi connectivity index (χ4n) is 6.01. The van der Waals surface area contributed by atoms with Crippen LogP contribution in [0.2, 0.25) is 0 Å². The van der Waals surface area contributed by atoms with E-state index in [-0.39, 0.29) is 5.91 Å². The standard InChI is InChI=1S/C33H27NO5/c35-27-17-15-24-18-23(14-16-26(24)34-27)22-12-7-13-25(19-22)39-33(38)31-28(20-8-3-1-4-9-20)30(32(36)37)29(31)21-10-5-2-6-11-21/h1-14,16,18-19,28-31H,15,17H2,(H,34,35)(H,36,37)/t28-,29-,30-,31-/m1/s1. The molecule has 1 fully saturated rings. The Balaban J connectivity index is 1.30. The fourth-order valence-corrected chi connectivity index (χ4v) is 6.01. The number of carboxylic acid groups (broad SMARTS) is 1. The van der Waals surface area contributed by atoms with E-state index in [0.29, 0.717) is 18.6 Å². The molecule has 0 aromatic heterocycles. The summed E-state index contributed by atoms with van der Waals surface area (Å²) in [5.41, 5.74) is 5.37. The molecule has 2 aliphatic rings. The Hall–Kier alpha value is -4.71. The average molecular weight is 518 g/mol. The lowest BCUT2D eigenvalue weighted by Gasteiger charge is -2.48. The largest absolute Gasteiger partial charge is 0.481 e. The van der Waals surface area contributed by atoms with Crippen LogP contribution in [0.25, 0.3) is 11.1 Å². The number of carbonyl (C=O) groups is 3. The molecular formula is C33H27NO5. The van der Waals surface area contributed by atoms with E-state index < -0.39 is 35.6 Å². The van der Waals surface area contributed by atoms with Crippen LogP contribution < -0.4 is 10.1 Å². The van der Waals surface area contributed by atoms with Gasteiger partial charge in [-0.3, -0.25) is 14.4 Å². The lowest BCUT2D eigenvalue weighted by Crippen LogP contribution is -2.52. The predicted octanol–water partition coefficient (Wildman–Crippen LogP) is 6.04. The zero-order valence-electron chi connectivity index (χ0n) is 21.1. The van der Waals surface area contributed by atoms with Crippen LogP contribution in [0.3, 0.4) is 0 Å². The number of rotatable bonds is 6. The Labute approximate surface area is 226 Å². The van der Waals surface area contributed by atoms with Gasteiger partial charge >= 0.3 is 11.9 Å². The van der Waals surface area contributed by atoms with Gasteiger partial charge in [-0.1, -0.05) is 78.9 Å². The topological polar surface area (TPSA) is 92.7 Å². The van der Waals surface area contributed by atoms with Crippen LogP contribution in [0.1, 0.15) is 34.9 Å². The maximum atomic E-state index is 13.7. The Morgan fingerprint density at radius 1 is 0.718 bits per heavy atom. The first-order valence-electron chi connectivity index (χ1n) is 13.1. The van der Waals surface area contributed by atoms with Crippen molar-refractivity contribution in [3.8, 4) is 16.9 Å². The minimum absolute atomic E-state index is 0.0212. The molecule has 4 aromatic rings. The van der Waals surface area contributed by atoms with Crippen molar-refractivity contribution in [1.29, 1.82) is 0 Å². The maximum Gasteiger partial charge on any atom is 0.315 e. The molecule has 6 heteroatoms. The number of aliphatic carboxylic acids is 1. The molecule has 0 unspecified atom stereocenters. The summed E-state index contributed by atoms with van der Waals surface area (Å²) in [6, 6.07) is 31.9. The minimum Gasteiger partial charge on any atom is -0.481 e. The summed E-state index contributed by atoms with van der Waals surface area (Å²) in [7, 11) is 0. The molecule has 1 amide bonds. The van der Waals surface area contributed by atoms with Crippen LogP contribution in [0.5, 0.6) is 5.75 Å². The zero-order valence-corrected chi connectivity index (χ0v) is 21.1. The molecule has 1 aliphatic heterocycles. The molecule has 1 heterocycles. The van der Waals surface area contributed by atoms with Gasteiger partial charge in [0.1, 0.15) is 5.75 Å². The monoisotopic (exact) mass is 517 g/mol. The van der Waals surface area contributed by atoms with Crippen LogP contribution >= 0.6 is 0 Å². The molecule has 6 nitrogen and oxygen atoms in total. The number of fused-ring (bicyclic) bond motifs is 1. The summed E-state index contributed by atoms with van der Waals surface area (Å²) >= 11 is 0. The average Bonchev–Trinajstić information content (AvgIpc) is 2.93. The Bertz CT molecular complexity index is 1500. The quantitative estimate of drug-likeness (QED) is 0.240. The highest BCUT2D eigenvalue weighted by Gasteiger charge is 2.59. The summed E-state index contributed by atoms with van der Waals surface area (Å²) < 4.78 is 5.95. The molecule has 0 spiro atoms. The van der Waals surface area contributed by atoms with Gasteiger partial charge in [0.25, 0.3) is 0 Å². The molecule has 0 bridgehead atoms. The molecule has 2 N–H and O–H groups in total. The lowest BCUT2D eigenvalue weighted by atomic mass is 9.52. The van der Waals surface area contributed by atoms with E-state index in [0.717, 1.165) is 33.5 Å². The van der Waals surface area contributed by atoms with Gasteiger partial charge in [0, 0.05) is 23.9 Å². The van der Waals surface area contributed by atoms with Gasteiger partial charge in [0.2, 0.25) is 5.91 Å². The van der Waals surface area contributed by atoms with Crippen LogP contribution in [-0.4, -0.2) is 23.0 Å². The molecule has 1 saturated carbocycles. The summed E-state index contributed by atoms with van der Waals surface area (Å²) in [5.74, 6) is -3.33. The van der Waals surface area contributed by atoms with Crippen molar-refractivity contribution in [1.82, 2.24) is 0 Å². The van der Waals surface area contributed by atoms with E-state index in [9.17, 15) is 19.5 Å². The first-order chi connectivity index (χ1) is 19.0. The predicted molar refractivity (Wildman–Crippen MR) is 147 cm³/mol. The summed E-state index contributed by atoms with van der Waals surface area (Å²) in [4.78, 5) is 37.9. The van der Waals surface area contributed by atoms with Gasteiger partial charge in [-0.05, 0) is 58.5 Å². The third-order valence-corrected chi connectivity index (χ3v) is 7.86. The minimum atomic E-state index is -0.924. The molecule has 1 aliphatic carbocycles. The second-order valence-electron chi connectivity index (χ2n) is 10.1. The van der Waals surface area contributed by atoms with Gasteiger partial charge in [-0.2, -0.15) is 0 Å². The van der Waals surface area contributed by atoms with E-state index in [1.54, 1.807) is 6.07 Å². The molecule has 0 saturated heterocycles. The molecule has 4 aromatic carbocycles. The number of ether oxygens (including phenoxy) is 1. The second kappa shape index (κ2) is 10.2. The third kappa shape index (κ3) is 4.70. The van der Waals surface area contributed by atoms with Crippen molar-refractivity contribution in [3.05, 3.63) is 120 Å². The summed E-state index contributed by atoms with van der Waals surface area (Å²) in [6.45, 7) is 0. The summed E-state index contributed by atoms with van der Waals surface area (Å²) in [6.07, 6.45) is 1.13. The smallest absolute Gasteiger partial charge is 0.315 e. The number of nitrogens with one attached hydrogen (secondary N) is 1. The van der Waals surface area contributed by atoms with Gasteiger partial charge in [-0.25, -0.2) is 0 Å². The number of anilines is 1. The fraction of sp³-hybridized carbons (Fsp3) is 0.182. The normalized spacial score (nSPS) is 21.7. The van der Waals surface area contributed by atoms with E-state index in [4.69, 9.17) is 4.74 Å². The van der Waals surface area contributed by atoms with E-state index in [1.165, 1.54) is 0 Å². The van der Waals surface area contributed by atoms with E-state index in [2.05, 4.69) is 11.4 Å². The second-order valence-corrected chi connectivity index (χ2v) is 10.1. The molecule has 6 rings (SSSR count). The molecular weight excluding hydrogens is 490 g/mol. The van der Waals surface area contributed by atoms with E-state index >= 15 is 0 Å². The lowest BCUT2D eigenvalue weighted by molar-refractivity contribution is -0.158. The number of carboxylic acids is 1. The van der Waals surface area contributed by atoms with Crippen LogP contribution in [0, 0.1) is 11.8 Å². The van der Waals surface area contributed by atoms with Crippen molar-refractivity contribution in [2.24, 2.45) is 11.8 Å². The number of hydrogen-bond donors (Lipinski definition) is 2. The Kier molecular flexibility index (Phi) is 6.45. The highest BCUT2D eigenvalue weighted by Crippen LogP contribution is 2.58. The van der Waals surface area contributed by atoms with Crippen molar-refractivity contribution in [3.63, 3.8) is 0 Å². The van der Waals surface area contributed by atoms with Crippen LogP contribution in [0.15, 0.2) is 103 Å². The third-order valence-electron chi connectivity index (χ3n) is 7.86. The number of esters is 1. The van der Waals surface area contributed by atoms with Gasteiger partial charge < -0.3 is 15.2 Å². The van der Waals surface area contributed by atoms with Crippen molar-refractivity contribution >= 4 is 23.5 Å². The maximum absolute atomic E-state index is 13.7. The molecule has 0 radical (unpaired) electrons. The van der Waals surface area contributed by atoms with Gasteiger partial charge in [-0.15, -0.1) is 0 Å². The SMILES string of the molecule is O=C1CCc2cc(-c3cccc(OC(=O)[C@H]4[C@H](c5ccccc5)[C@H](C(=O)O)[C@H]4c4ccccc4)c3)ccc2N1. The molecule has 194 valence electrons.